The molecule has 0 atom stereocenters. The van der Waals surface area contributed by atoms with Crippen LogP contribution in [0.2, 0.25) is 0 Å². The summed E-state index contributed by atoms with van der Waals surface area (Å²) in [4.78, 5) is 0. The van der Waals surface area contributed by atoms with Gasteiger partial charge in [-0.05, 0) is 0 Å². The molecular formula is C4H10O2SSn. The summed E-state index contributed by atoms with van der Waals surface area (Å²) in [7, 11) is 4.52. The Kier molecular flexibility index (Phi) is 6.78. The summed E-state index contributed by atoms with van der Waals surface area (Å²) in [6.07, 6.45) is 2.12. The second-order valence-corrected chi connectivity index (χ2v) is 6.15. The van der Waals surface area contributed by atoms with Crippen molar-refractivity contribution in [2.75, 3.05) is 6.61 Å². The summed E-state index contributed by atoms with van der Waals surface area (Å²) in [5.74, 6) is 0. The second-order valence-electron chi connectivity index (χ2n) is 1.47. The van der Waals surface area contributed by atoms with Crippen LogP contribution in [0.1, 0.15) is 19.8 Å². The van der Waals surface area contributed by atoms with Gasteiger partial charge in [-0.1, -0.05) is 0 Å². The first kappa shape index (κ1) is 8.94. The fraction of sp³-hybridized carbons (Fsp3) is 1.00. The van der Waals surface area contributed by atoms with Crippen LogP contribution in [-0.4, -0.2) is 28.7 Å². The molecule has 0 saturated carbocycles. The molecule has 48 valence electrons. The van der Waals surface area contributed by atoms with Crippen LogP contribution in [0.25, 0.3) is 0 Å². The third-order valence-electron chi connectivity index (χ3n) is 0.723. The van der Waals surface area contributed by atoms with Crippen molar-refractivity contribution in [3.63, 3.8) is 0 Å². The van der Waals surface area contributed by atoms with Gasteiger partial charge < -0.3 is 0 Å². The number of hydrogen-bond donors (Lipinski definition) is 1. The van der Waals surface area contributed by atoms with E-state index in [0.29, 0.717) is 6.61 Å². The van der Waals surface area contributed by atoms with E-state index < -0.39 is 18.6 Å². The maximum absolute atomic E-state index is 8.57. The molecular weight excluding hydrogens is 231 g/mol. The molecule has 2 nitrogen and oxygen atoms in total. The summed E-state index contributed by atoms with van der Waals surface area (Å²) in [5.41, 5.74) is 0. The van der Waals surface area contributed by atoms with Crippen LogP contribution >= 0.6 is 9.29 Å². The molecule has 0 fully saturated rings. The van der Waals surface area contributed by atoms with Crippen LogP contribution in [0.4, 0.5) is 0 Å². The molecule has 8 heavy (non-hydrogen) atoms. The van der Waals surface area contributed by atoms with Gasteiger partial charge in [0.2, 0.25) is 0 Å². The summed E-state index contributed by atoms with van der Waals surface area (Å²) in [6, 6.07) is 0. The van der Waals surface area contributed by atoms with Crippen LogP contribution in [0, 0.1) is 0 Å². The van der Waals surface area contributed by atoms with Crippen molar-refractivity contribution >= 4 is 27.9 Å². The van der Waals surface area contributed by atoms with Crippen molar-refractivity contribution in [3.05, 3.63) is 0 Å². The Bertz CT molecular complexity index is 76.4. The Morgan fingerprint density at radius 2 is 2.38 bits per heavy atom. The van der Waals surface area contributed by atoms with Gasteiger partial charge in [-0.2, -0.15) is 0 Å². The standard InChI is InChI=1S/C4H9O.H2O.S.Sn/c1-2-3-4-5;;;/h2-4H2,1H3;1H2;;/q-1;;;+2/p-1. The average Bonchev–Trinajstić information content (AvgIpc) is 1.66. The Morgan fingerprint density at radius 1 is 1.75 bits per heavy atom. The van der Waals surface area contributed by atoms with Crippen molar-refractivity contribution in [2.45, 2.75) is 19.8 Å². The first-order valence-corrected chi connectivity index (χ1v) is 8.97. The summed E-state index contributed by atoms with van der Waals surface area (Å²) < 4.78 is 13.4. The van der Waals surface area contributed by atoms with Gasteiger partial charge in [0.25, 0.3) is 0 Å². The molecule has 0 aromatic rings. The van der Waals surface area contributed by atoms with Gasteiger partial charge >= 0.3 is 60.8 Å². The normalized spacial score (nSPS) is 9.25. The molecule has 0 amide bonds. The molecule has 0 rings (SSSR count). The van der Waals surface area contributed by atoms with Gasteiger partial charge in [0.1, 0.15) is 0 Å². The molecule has 0 aliphatic rings. The molecule has 0 aliphatic carbocycles. The molecule has 0 heterocycles. The molecule has 0 aromatic heterocycles. The van der Waals surface area contributed by atoms with E-state index in [2.05, 4.69) is 16.2 Å². The van der Waals surface area contributed by atoms with Crippen molar-refractivity contribution < 1.29 is 6.52 Å². The van der Waals surface area contributed by atoms with Crippen LogP contribution in [0.3, 0.4) is 0 Å². The molecule has 1 N–H and O–H groups in total. The van der Waals surface area contributed by atoms with Gasteiger partial charge in [-0.3, -0.25) is 0 Å². The predicted octanol–water partition coefficient (Wildman–Crippen LogP) is 0.978. The van der Waals surface area contributed by atoms with Crippen LogP contribution in [0.15, 0.2) is 0 Å². The Morgan fingerprint density at radius 3 is 2.75 bits per heavy atom. The quantitative estimate of drug-likeness (QED) is 0.587. The van der Waals surface area contributed by atoms with E-state index in [1.165, 1.54) is 0 Å². The van der Waals surface area contributed by atoms with E-state index in [4.69, 9.17) is 6.52 Å². The van der Waals surface area contributed by atoms with Gasteiger partial charge in [0.05, 0.1) is 0 Å². The average molecular weight is 241 g/mol. The molecule has 0 bridgehead atoms. The van der Waals surface area contributed by atoms with E-state index in [0.717, 1.165) is 12.8 Å². The van der Waals surface area contributed by atoms with Crippen molar-refractivity contribution in [1.82, 2.24) is 0 Å². The summed E-state index contributed by atoms with van der Waals surface area (Å²) in [6.45, 7) is 2.73. The van der Waals surface area contributed by atoms with Crippen molar-refractivity contribution in [3.8, 4) is 0 Å². The van der Waals surface area contributed by atoms with Crippen molar-refractivity contribution in [2.24, 2.45) is 0 Å². The fourth-order valence-corrected chi connectivity index (χ4v) is 1.77. The number of unbranched alkanes of at least 4 members (excludes halogenated alkanes) is 1. The zero-order valence-electron chi connectivity index (χ0n) is 4.89. The molecule has 0 aliphatic heterocycles. The van der Waals surface area contributed by atoms with E-state index >= 15 is 0 Å². The first-order valence-electron chi connectivity index (χ1n) is 2.63. The SMILES string of the molecule is CCCC[O][Sn]([OH])=[S]. The summed E-state index contributed by atoms with van der Waals surface area (Å²) >= 11 is -2.58. The van der Waals surface area contributed by atoms with Gasteiger partial charge in [0.15, 0.2) is 0 Å². The third kappa shape index (κ3) is 6.94. The van der Waals surface area contributed by atoms with Gasteiger partial charge in [-0.25, -0.2) is 0 Å². The van der Waals surface area contributed by atoms with Gasteiger partial charge in [-0.15, -0.1) is 0 Å². The zero-order chi connectivity index (χ0) is 6.41. The Balaban J connectivity index is 2.82. The zero-order valence-corrected chi connectivity index (χ0v) is 8.56. The molecule has 0 saturated heterocycles. The number of rotatable bonds is 4. The Hall–Kier alpha value is 0.939. The van der Waals surface area contributed by atoms with E-state index in [1.54, 1.807) is 0 Å². The summed E-state index contributed by atoms with van der Waals surface area (Å²) in [5, 5.41) is 0. The van der Waals surface area contributed by atoms with Crippen LogP contribution < -0.4 is 0 Å². The second kappa shape index (κ2) is 6.06. The molecule has 0 spiro atoms. The van der Waals surface area contributed by atoms with E-state index in [1.807, 2.05) is 0 Å². The Labute approximate surface area is 60.8 Å². The number of hydrogen-bond acceptors (Lipinski definition) is 2. The van der Waals surface area contributed by atoms with Crippen LogP contribution in [-0.2, 0) is 3.07 Å². The minimum absolute atomic E-state index is 0.658. The topological polar surface area (TPSA) is 29.5 Å². The fourth-order valence-electron chi connectivity index (χ4n) is 0.304. The van der Waals surface area contributed by atoms with Gasteiger partial charge in [0, 0.05) is 0 Å². The molecule has 0 radical (unpaired) electrons. The monoisotopic (exact) mass is 242 g/mol. The molecule has 4 heteroatoms. The van der Waals surface area contributed by atoms with Crippen molar-refractivity contribution in [1.29, 1.82) is 0 Å². The van der Waals surface area contributed by atoms with E-state index in [-0.39, 0.29) is 0 Å². The molecule has 0 unspecified atom stereocenters. The maximum atomic E-state index is 8.57. The first-order chi connectivity index (χ1) is 3.77. The van der Waals surface area contributed by atoms with E-state index in [9.17, 15) is 0 Å². The van der Waals surface area contributed by atoms with Crippen LogP contribution in [0.5, 0.6) is 0 Å². The minimum atomic E-state index is -2.58. The third-order valence-corrected chi connectivity index (χ3v) is 2.80. The predicted molar refractivity (Wildman–Crippen MR) is 36.4 cm³/mol. The molecule has 0 aromatic carbocycles.